The molecule has 9 heteroatoms. The van der Waals surface area contributed by atoms with Gasteiger partial charge in [0.25, 0.3) is 0 Å². The molecule has 8 nitrogen and oxygen atoms in total. The van der Waals surface area contributed by atoms with Crippen LogP contribution in [0.3, 0.4) is 0 Å². The average molecular weight is 413 g/mol. The summed E-state index contributed by atoms with van der Waals surface area (Å²) < 4.78 is 29.9. The normalized spacial score (nSPS) is 11.4. The number of aromatic nitrogens is 3. The zero-order valence-corrected chi connectivity index (χ0v) is 16.0. The number of fused-ring (bicyclic) bond motifs is 1. The lowest BCUT2D eigenvalue weighted by molar-refractivity contribution is 0.0274. The molecule has 4 rings (SSSR count). The van der Waals surface area contributed by atoms with E-state index in [-0.39, 0.29) is 18.2 Å². The number of nitrogens with one attached hydrogen (secondary N) is 2. The van der Waals surface area contributed by atoms with Crippen LogP contribution in [0.25, 0.3) is 33.4 Å². The molecule has 2 aromatic heterocycles. The van der Waals surface area contributed by atoms with E-state index in [1.54, 1.807) is 12.3 Å². The summed E-state index contributed by atoms with van der Waals surface area (Å²) in [6, 6.07) is 10.5. The van der Waals surface area contributed by atoms with Gasteiger partial charge in [-0.15, -0.1) is 0 Å². The summed E-state index contributed by atoms with van der Waals surface area (Å²) >= 11 is 0. The van der Waals surface area contributed by atoms with Crippen molar-refractivity contribution < 1.29 is 23.5 Å². The number of benzene rings is 2. The van der Waals surface area contributed by atoms with Gasteiger partial charge in [0.1, 0.15) is 5.82 Å². The lowest BCUT2D eigenvalue weighted by Crippen LogP contribution is -2.07. The predicted molar refractivity (Wildman–Crippen MR) is 107 cm³/mol. The van der Waals surface area contributed by atoms with Crippen molar-refractivity contribution in [2.75, 3.05) is 26.4 Å². The standard InChI is InChI=1S/C21H20FN3O5/c22-18-10-19-16(17(11-23-19)20-24-21(27)30-25-20)9-15(18)14-3-1-13(2-4-14)12-29-8-7-28-6-5-26/h1-4,9-11,23,26H,5-8,12H2,(H,24,25,27). The number of aliphatic hydroxyl groups excluding tert-OH is 1. The van der Waals surface area contributed by atoms with Gasteiger partial charge < -0.3 is 19.6 Å². The van der Waals surface area contributed by atoms with Gasteiger partial charge in [-0.2, -0.15) is 0 Å². The van der Waals surface area contributed by atoms with Crippen molar-refractivity contribution in [2.45, 2.75) is 6.61 Å². The van der Waals surface area contributed by atoms with Gasteiger partial charge >= 0.3 is 5.76 Å². The molecule has 3 N–H and O–H groups in total. The number of aliphatic hydroxyl groups is 1. The van der Waals surface area contributed by atoms with E-state index in [2.05, 4.69) is 19.6 Å². The van der Waals surface area contributed by atoms with E-state index in [4.69, 9.17) is 14.6 Å². The first-order valence-corrected chi connectivity index (χ1v) is 9.38. The molecule has 0 bridgehead atoms. The summed E-state index contributed by atoms with van der Waals surface area (Å²) in [5.41, 5.74) is 3.29. The van der Waals surface area contributed by atoms with Gasteiger partial charge in [-0.05, 0) is 23.3 Å². The summed E-state index contributed by atoms with van der Waals surface area (Å²) in [5, 5.41) is 13.1. The minimum atomic E-state index is -0.653. The van der Waals surface area contributed by atoms with Crippen LogP contribution in [-0.2, 0) is 16.1 Å². The molecule has 0 unspecified atom stereocenters. The van der Waals surface area contributed by atoms with Crippen LogP contribution < -0.4 is 5.76 Å². The second-order valence-corrected chi connectivity index (χ2v) is 6.61. The number of H-pyrrole nitrogens is 2. The molecular weight excluding hydrogens is 393 g/mol. The fourth-order valence-electron chi connectivity index (χ4n) is 3.16. The fraction of sp³-hybridized carbons (Fsp3) is 0.238. The second-order valence-electron chi connectivity index (χ2n) is 6.61. The van der Waals surface area contributed by atoms with E-state index in [1.807, 2.05) is 24.3 Å². The van der Waals surface area contributed by atoms with Gasteiger partial charge in [0.15, 0.2) is 5.82 Å². The van der Waals surface area contributed by atoms with E-state index < -0.39 is 5.76 Å². The van der Waals surface area contributed by atoms with Crippen LogP contribution in [0.1, 0.15) is 5.56 Å². The van der Waals surface area contributed by atoms with Crippen molar-refractivity contribution in [3.8, 4) is 22.5 Å². The highest BCUT2D eigenvalue weighted by Gasteiger charge is 2.15. The topological polar surface area (TPSA) is 113 Å². The molecule has 156 valence electrons. The number of halogens is 1. The van der Waals surface area contributed by atoms with Crippen molar-refractivity contribution in [1.29, 1.82) is 0 Å². The van der Waals surface area contributed by atoms with E-state index in [0.717, 1.165) is 5.56 Å². The summed E-state index contributed by atoms with van der Waals surface area (Å²) in [6.45, 7) is 1.53. The lowest BCUT2D eigenvalue weighted by atomic mass is 10.0. The van der Waals surface area contributed by atoms with Crippen molar-refractivity contribution in [3.05, 3.63) is 64.5 Å². The molecule has 4 aromatic rings. The lowest BCUT2D eigenvalue weighted by Gasteiger charge is -2.08. The Labute approximate surface area is 170 Å². The monoisotopic (exact) mass is 413 g/mol. The maximum absolute atomic E-state index is 14.7. The molecule has 0 spiro atoms. The molecule has 30 heavy (non-hydrogen) atoms. The molecule has 0 amide bonds. The summed E-state index contributed by atoms with van der Waals surface area (Å²) in [7, 11) is 0. The van der Waals surface area contributed by atoms with Crippen LogP contribution in [0.5, 0.6) is 0 Å². The first kappa shape index (κ1) is 20.0. The molecular formula is C21H20FN3O5. The highest BCUT2D eigenvalue weighted by Crippen LogP contribution is 2.32. The molecule has 0 atom stereocenters. The first-order valence-electron chi connectivity index (χ1n) is 9.38. The Kier molecular flexibility index (Phi) is 6.03. The molecule has 0 radical (unpaired) electrons. The number of nitrogens with zero attached hydrogens (tertiary/aromatic N) is 1. The van der Waals surface area contributed by atoms with E-state index >= 15 is 0 Å². The predicted octanol–water partition coefficient (Wildman–Crippen LogP) is 2.84. The zero-order valence-electron chi connectivity index (χ0n) is 16.0. The smallest absolute Gasteiger partial charge is 0.394 e. The van der Waals surface area contributed by atoms with Gasteiger partial charge in [-0.1, -0.05) is 29.4 Å². The number of rotatable bonds is 9. The van der Waals surface area contributed by atoms with E-state index in [1.165, 1.54) is 6.07 Å². The van der Waals surface area contributed by atoms with Crippen molar-refractivity contribution in [3.63, 3.8) is 0 Å². The van der Waals surface area contributed by atoms with Crippen LogP contribution in [-0.4, -0.2) is 46.7 Å². The Bertz CT molecular complexity index is 1180. The minimum Gasteiger partial charge on any atom is -0.394 e. The van der Waals surface area contributed by atoms with Crippen molar-refractivity contribution in [1.82, 2.24) is 15.1 Å². The summed E-state index contributed by atoms with van der Waals surface area (Å²) in [5.74, 6) is -0.742. The Morgan fingerprint density at radius 2 is 1.87 bits per heavy atom. The Balaban J connectivity index is 1.52. The number of ether oxygens (including phenoxy) is 2. The van der Waals surface area contributed by atoms with Crippen LogP contribution in [0.2, 0.25) is 0 Å². The Morgan fingerprint density at radius 3 is 2.60 bits per heavy atom. The summed E-state index contributed by atoms with van der Waals surface area (Å²) in [6.07, 6.45) is 1.65. The van der Waals surface area contributed by atoms with Gasteiger partial charge in [-0.25, -0.2) is 9.18 Å². The van der Waals surface area contributed by atoms with Gasteiger partial charge in [0.05, 0.1) is 33.0 Å². The Morgan fingerprint density at radius 1 is 1.07 bits per heavy atom. The second kappa shape index (κ2) is 9.04. The van der Waals surface area contributed by atoms with Gasteiger partial charge in [-0.3, -0.25) is 9.51 Å². The van der Waals surface area contributed by atoms with Crippen molar-refractivity contribution >= 4 is 10.9 Å². The van der Waals surface area contributed by atoms with Crippen molar-refractivity contribution in [2.24, 2.45) is 0 Å². The van der Waals surface area contributed by atoms with Crippen LogP contribution in [0.15, 0.2) is 51.9 Å². The first-order chi connectivity index (χ1) is 14.7. The third-order valence-electron chi connectivity index (χ3n) is 4.61. The minimum absolute atomic E-state index is 0.00934. The molecule has 0 aliphatic heterocycles. The van der Waals surface area contributed by atoms with E-state index in [0.29, 0.717) is 54.0 Å². The number of aromatic amines is 2. The molecule has 0 fully saturated rings. The number of hydrogen-bond donors (Lipinski definition) is 3. The third kappa shape index (κ3) is 4.33. The van der Waals surface area contributed by atoms with Crippen LogP contribution >= 0.6 is 0 Å². The molecule has 0 saturated heterocycles. The quantitative estimate of drug-likeness (QED) is 0.364. The molecule has 2 aromatic carbocycles. The summed E-state index contributed by atoms with van der Waals surface area (Å²) in [4.78, 5) is 16.7. The molecule has 2 heterocycles. The van der Waals surface area contributed by atoms with Crippen LogP contribution in [0.4, 0.5) is 4.39 Å². The molecule has 0 saturated carbocycles. The zero-order chi connectivity index (χ0) is 20.9. The third-order valence-corrected chi connectivity index (χ3v) is 4.61. The highest BCUT2D eigenvalue weighted by atomic mass is 19.1. The molecule has 0 aliphatic rings. The number of hydrogen-bond acceptors (Lipinski definition) is 6. The maximum atomic E-state index is 14.7. The average Bonchev–Trinajstić information content (AvgIpc) is 3.36. The molecule has 0 aliphatic carbocycles. The largest absolute Gasteiger partial charge is 0.439 e. The van der Waals surface area contributed by atoms with Gasteiger partial charge in [0, 0.05) is 28.2 Å². The van der Waals surface area contributed by atoms with E-state index in [9.17, 15) is 9.18 Å². The SMILES string of the molecule is O=c1[nH]c(-c2c[nH]c3cc(F)c(-c4ccc(COCCOCCO)cc4)cc23)no1. The maximum Gasteiger partial charge on any atom is 0.439 e. The van der Waals surface area contributed by atoms with Gasteiger partial charge in [0.2, 0.25) is 0 Å². The van der Waals surface area contributed by atoms with Crippen LogP contribution in [0, 0.1) is 5.82 Å². The Hall–Kier alpha value is -3.27. The fourth-order valence-corrected chi connectivity index (χ4v) is 3.16. The highest BCUT2D eigenvalue weighted by molar-refractivity contribution is 5.96.